The number of rotatable bonds is 8. The SMILES string of the molecule is COCCCOc1cc2c(nc1Cl)-c1cc(=O)c(C(=O)O)cn1[C@H](CCO)CO2. The highest BCUT2D eigenvalue weighted by molar-refractivity contribution is 6.31. The number of nitrogens with zero attached hydrogens (tertiary/aromatic N) is 2. The summed E-state index contributed by atoms with van der Waals surface area (Å²) < 4.78 is 18.1. The maximum atomic E-state index is 12.3. The second-order valence-electron chi connectivity index (χ2n) is 6.45. The van der Waals surface area contributed by atoms with E-state index in [9.17, 15) is 19.8 Å². The smallest absolute Gasteiger partial charge is 0.341 e. The Labute approximate surface area is 171 Å². The first kappa shape index (κ1) is 21.1. The summed E-state index contributed by atoms with van der Waals surface area (Å²) in [5.74, 6) is -0.643. The third-order valence-electron chi connectivity index (χ3n) is 4.50. The Kier molecular flexibility index (Phi) is 6.73. The predicted molar refractivity (Wildman–Crippen MR) is 104 cm³/mol. The van der Waals surface area contributed by atoms with Gasteiger partial charge in [0.2, 0.25) is 0 Å². The first-order valence-corrected chi connectivity index (χ1v) is 9.39. The lowest BCUT2D eigenvalue weighted by Crippen LogP contribution is -2.23. The molecule has 9 nitrogen and oxygen atoms in total. The Morgan fingerprint density at radius 1 is 1.41 bits per heavy atom. The minimum atomic E-state index is -1.33. The molecule has 3 rings (SSSR count). The molecule has 10 heteroatoms. The van der Waals surface area contributed by atoms with Crippen molar-refractivity contribution in [1.29, 1.82) is 0 Å². The summed E-state index contributed by atoms with van der Waals surface area (Å²) >= 11 is 6.27. The molecular formula is C19H21ClN2O7. The van der Waals surface area contributed by atoms with Crippen LogP contribution in [0.1, 0.15) is 29.2 Å². The number of carbonyl (C=O) groups is 1. The Morgan fingerprint density at radius 3 is 2.90 bits per heavy atom. The van der Waals surface area contributed by atoms with Crippen LogP contribution >= 0.6 is 11.6 Å². The molecule has 2 aromatic rings. The molecule has 0 bridgehead atoms. The molecule has 3 heterocycles. The summed E-state index contributed by atoms with van der Waals surface area (Å²) in [7, 11) is 1.60. The van der Waals surface area contributed by atoms with Gasteiger partial charge in [0.25, 0.3) is 0 Å². The molecule has 1 aliphatic rings. The maximum absolute atomic E-state index is 12.3. The summed E-state index contributed by atoms with van der Waals surface area (Å²) in [6, 6.07) is 2.40. The fraction of sp³-hybridized carbons (Fsp3) is 0.421. The molecule has 0 aromatic carbocycles. The Balaban J connectivity index is 2.07. The second kappa shape index (κ2) is 9.25. The highest BCUT2D eigenvalue weighted by atomic mass is 35.5. The van der Waals surface area contributed by atoms with Gasteiger partial charge in [-0.1, -0.05) is 11.6 Å². The van der Waals surface area contributed by atoms with Crippen molar-refractivity contribution < 1.29 is 29.2 Å². The van der Waals surface area contributed by atoms with Gasteiger partial charge in [-0.15, -0.1) is 0 Å². The fourth-order valence-electron chi connectivity index (χ4n) is 3.08. The van der Waals surface area contributed by atoms with Crippen LogP contribution in [0.3, 0.4) is 0 Å². The van der Waals surface area contributed by atoms with E-state index >= 15 is 0 Å². The normalized spacial score (nSPS) is 15.1. The van der Waals surface area contributed by atoms with E-state index in [4.69, 9.17) is 25.8 Å². The molecule has 29 heavy (non-hydrogen) atoms. The number of fused-ring (bicyclic) bond motifs is 3. The largest absolute Gasteiger partial charge is 0.490 e. The van der Waals surface area contributed by atoms with Gasteiger partial charge < -0.3 is 29.0 Å². The number of carboxylic acids is 1. The van der Waals surface area contributed by atoms with Gasteiger partial charge in [0.15, 0.2) is 22.1 Å². The summed E-state index contributed by atoms with van der Waals surface area (Å²) in [5.41, 5.74) is -0.367. The molecule has 0 amide bonds. The zero-order chi connectivity index (χ0) is 21.0. The summed E-state index contributed by atoms with van der Waals surface area (Å²) in [6.07, 6.45) is 2.22. The van der Waals surface area contributed by atoms with Crippen molar-refractivity contribution in [2.24, 2.45) is 0 Å². The number of methoxy groups -OCH3 is 1. The van der Waals surface area contributed by atoms with Gasteiger partial charge in [0, 0.05) is 45.1 Å². The zero-order valence-electron chi connectivity index (χ0n) is 15.8. The van der Waals surface area contributed by atoms with Crippen LogP contribution in [0, 0.1) is 0 Å². The summed E-state index contributed by atoms with van der Waals surface area (Å²) in [6.45, 7) is 0.923. The molecular weight excluding hydrogens is 404 g/mol. The van der Waals surface area contributed by atoms with E-state index in [0.717, 1.165) is 0 Å². The van der Waals surface area contributed by atoms with Crippen molar-refractivity contribution >= 4 is 17.6 Å². The first-order chi connectivity index (χ1) is 14.0. The van der Waals surface area contributed by atoms with Crippen molar-refractivity contribution in [2.45, 2.75) is 18.9 Å². The third kappa shape index (κ3) is 4.52. The molecule has 0 radical (unpaired) electrons. The van der Waals surface area contributed by atoms with Gasteiger partial charge in [-0.2, -0.15) is 0 Å². The van der Waals surface area contributed by atoms with E-state index in [2.05, 4.69) is 4.98 Å². The molecule has 0 saturated carbocycles. The van der Waals surface area contributed by atoms with Crippen molar-refractivity contribution in [1.82, 2.24) is 9.55 Å². The molecule has 0 unspecified atom stereocenters. The number of hydrogen-bond acceptors (Lipinski definition) is 7. The van der Waals surface area contributed by atoms with Crippen LogP contribution in [0.25, 0.3) is 11.4 Å². The molecule has 1 aliphatic heterocycles. The molecule has 1 atom stereocenters. The number of aromatic carboxylic acids is 1. The molecule has 0 spiro atoms. The number of pyridine rings is 2. The maximum Gasteiger partial charge on any atom is 0.341 e. The number of aliphatic hydroxyl groups is 1. The van der Waals surface area contributed by atoms with Crippen LogP contribution in [0.5, 0.6) is 11.5 Å². The molecule has 2 N–H and O–H groups in total. The topological polar surface area (TPSA) is 120 Å². The lowest BCUT2D eigenvalue weighted by Gasteiger charge is -2.20. The molecule has 2 aromatic heterocycles. The predicted octanol–water partition coefficient (Wildman–Crippen LogP) is 1.99. The van der Waals surface area contributed by atoms with E-state index in [0.29, 0.717) is 48.9 Å². The van der Waals surface area contributed by atoms with Crippen LogP contribution in [0.4, 0.5) is 0 Å². The van der Waals surface area contributed by atoms with Gasteiger partial charge in [-0.3, -0.25) is 4.79 Å². The number of halogens is 1. The second-order valence-corrected chi connectivity index (χ2v) is 6.80. The average molecular weight is 425 g/mol. The third-order valence-corrected chi connectivity index (χ3v) is 4.77. The van der Waals surface area contributed by atoms with E-state index < -0.39 is 17.4 Å². The number of aromatic nitrogens is 2. The van der Waals surface area contributed by atoms with Crippen LogP contribution in [0.2, 0.25) is 5.15 Å². The average Bonchev–Trinajstić information content (AvgIpc) is 2.82. The van der Waals surface area contributed by atoms with Crippen LogP contribution in [-0.2, 0) is 4.74 Å². The number of aliphatic hydroxyl groups excluding tert-OH is 1. The van der Waals surface area contributed by atoms with Gasteiger partial charge in [0.05, 0.1) is 18.3 Å². The van der Waals surface area contributed by atoms with Crippen molar-refractivity contribution in [2.75, 3.05) is 33.5 Å². The van der Waals surface area contributed by atoms with Gasteiger partial charge in [-0.25, -0.2) is 9.78 Å². The Hall–Kier alpha value is -2.62. The highest BCUT2D eigenvalue weighted by Crippen LogP contribution is 2.39. The number of hydrogen-bond donors (Lipinski definition) is 2. The Morgan fingerprint density at radius 2 is 2.21 bits per heavy atom. The minimum Gasteiger partial charge on any atom is -0.490 e. The van der Waals surface area contributed by atoms with Crippen molar-refractivity contribution in [3.8, 4) is 22.9 Å². The van der Waals surface area contributed by atoms with Crippen LogP contribution < -0.4 is 14.9 Å². The monoisotopic (exact) mass is 424 g/mol. The molecule has 0 fully saturated rings. The van der Waals surface area contributed by atoms with E-state index in [-0.39, 0.29) is 23.9 Å². The van der Waals surface area contributed by atoms with E-state index in [1.807, 2.05) is 0 Å². The molecule has 156 valence electrons. The summed E-state index contributed by atoms with van der Waals surface area (Å²) in [4.78, 5) is 28.0. The highest BCUT2D eigenvalue weighted by Gasteiger charge is 2.27. The van der Waals surface area contributed by atoms with Gasteiger partial charge >= 0.3 is 5.97 Å². The van der Waals surface area contributed by atoms with Gasteiger partial charge in [0.1, 0.15) is 17.9 Å². The number of carboxylic acid groups (broad SMARTS) is 1. The van der Waals surface area contributed by atoms with Crippen molar-refractivity contribution in [3.05, 3.63) is 39.3 Å². The standard InChI is InChI=1S/C19H21ClN2O7/c1-27-5-2-6-28-16-8-15-17(21-18(16)20)13-7-14(24)12(19(25)26)9-22(13)11(3-4-23)10-29-15/h7-9,11,23H,2-6,10H2,1H3,(H,25,26)/t11-/m1/s1. The zero-order valence-corrected chi connectivity index (χ0v) is 16.5. The summed E-state index contributed by atoms with van der Waals surface area (Å²) in [5, 5.41) is 18.8. The fourth-order valence-corrected chi connectivity index (χ4v) is 3.27. The number of ether oxygens (including phenoxy) is 3. The first-order valence-electron chi connectivity index (χ1n) is 9.02. The van der Waals surface area contributed by atoms with E-state index in [1.54, 1.807) is 17.7 Å². The van der Waals surface area contributed by atoms with Crippen molar-refractivity contribution in [3.63, 3.8) is 0 Å². The molecule has 0 saturated heterocycles. The minimum absolute atomic E-state index is 0.0895. The van der Waals surface area contributed by atoms with E-state index in [1.165, 1.54) is 12.3 Å². The lowest BCUT2D eigenvalue weighted by molar-refractivity contribution is 0.0694. The van der Waals surface area contributed by atoms with Gasteiger partial charge in [-0.05, 0) is 6.42 Å². The van der Waals surface area contributed by atoms with Crippen LogP contribution in [-0.4, -0.2) is 59.3 Å². The Bertz CT molecular complexity index is 960. The molecule has 0 aliphatic carbocycles. The quantitative estimate of drug-likeness (QED) is 0.487. The van der Waals surface area contributed by atoms with Crippen LogP contribution in [0.15, 0.2) is 23.1 Å². The lowest BCUT2D eigenvalue weighted by atomic mass is 10.1.